The van der Waals surface area contributed by atoms with Crippen molar-refractivity contribution in [3.05, 3.63) is 65.2 Å². The highest BCUT2D eigenvalue weighted by Crippen LogP contribution is 2.27. The van der Waals surface area contributed by atoms with Gasteiger partial charge in [-0.1, -0.05) is 24.3 Å². The molecule has 7 heteroatoms. The Labute approximate surface area is 180 Å². The highest BCUT2D eigenvalue weighted by atomic mass is 19.1. The number of hydrogen-bond acceptors (Lipinski definition) is 5. The smallest absolute Gasteiger partial charge is 0.310 e. The van der Waals surface area contributed by atoms with E-state index in [9.17, 15) is 14.0 Å². The fraction of sp³-hybridized carbons (Fsp3) is 0.333. The Hall–Kier alpha value is -3.35. The molecule has 6 nitrogen and oxygen atoms in total. The first-order valence-electron chi connectivity index (χ1n) is 10.3. The van der Waals surface area contributed by atoms with Gasteiger partial charge in [-0.2, -0.15) is 0 Å². The minimum absolute atomic E-state index is 0.0455. The quantitative estimate of drug-likeness (QED) is 0.586. The van der Waals surface area contributed by atoms with Crippen molar-refractivity contribution in [1.82, 2.24) is 4.90 Å². The minimum Gasteiger partial charge on any atom is -0.464 e. The van der Waals surface area contributed by atoms with Crippen molar-refractivity contribution < 1.29 is 23.1 Å². The van der Waals surface area contributed by atoms with Crippen LogP contribution in [0.3, 0.4) is 0 Å². The number of aryl methyl sites for hydroxylation is 2. The van der Waals surface area contributed by atoms with Gasteiger partial charge >= 0.3 is 5.97 Å². The van der Waals surface area contributed by atoms with Crippen molar-refractivity contribution in [2.45, 2.75) is 20.3 Å². The summed E-state index contributed by atoms with van der Waals surface area (Å²) in [7, 11) is 0. The van der Waals surface area contributed by atoms with Crippen LogP contribution in [0.25, 0.3) is 11.0 Å². The number of para-hydroxylation sites is 1. The zero-order valence-corrected chi connectivity index (χ0v) is 17.7. The van der Waals surface area contributed by atoms with Crippen LogP contribution >= 0.6 is 0 Å². The molecule has 3 aromatic rings. The van der Waals surface area contributed by atoms with Crippen molar-refractivity contribution >= 4 is 28.5 Å². The number of amides is 1. The third-order valence-electron chi connectivity index (χ3n) is 5.86. The molecule has 4 rings (SSSR count). The molecule has 0 radical (unpaired) electrons. The topological polar surface area (TPSA) is 63.0 Å². The summed E-state index contributed by atoms with van der Waals surface area (Å²) in [6, 6.07) is 10.5. The minimum atomic E-state index is -0.473. The lowest BCUT2D eigenvalue weighted by atomic mass is 10.0. The van der Waals surface area contributed by atoms with Crippen molar-refractivity contribution in [1.29, 1.82) is 0 Å². The van der Waals surface area contributed by atoms with Crippen LogP contribution in [0.5, 0.6) is 0 Å². The zero-order valence-electron chi connectivity index (χ0n) is 17.7. The van der Waals surface area contributed by atoms with Gasteiger partial charge < -0.3 is 19.0 Å². The Kier molecular flexibility index (Phi) is 5.93. The van der Waals surface area contributed by atoms with Crippen LogP contribution < -0.4 is 4.90 Å². The van der Waals surface area contributed by atoms with Gasteiger partial charge in [0, 0.05) is 37.1 Å². The molecular formula is C24H25FN2O4. The Bertz CT molecular complexity index is 1120. The number of piperazine rings is 1. The van der Waals surface area contributed by atoms with E-state index in [0.29, 0.717) is 31.9 Å². The number of carbonyl (C=O) groups excluding carboxylic acids is 2. The van der Waals surface area contributed by atoms with E-state index in [-0.39, 0.29) is 24.8 Å². The molecule has 31 heavy (non-hydrogen) atoms. The second-order valence-corrected chi connectivity index (χ2v) is 7.80. The predicted molar refractivity (Wildman–Crippen MR) is 116 cm³/mol. The van der Waals surface area contributed by atoms with Gasteiger partial charge in [0.2, 0.25) is 0 Å². The lowest BCUT2D eigenvalue weighted by Gasteiger charge is -2.36. The van der Waals surface area contributed by atoms with Gasteiger partial charge in [-0.05, 0) is 37.1 Å². The first-order chi connectivity index (χ1) is 14.9. The SMILES string of the molecule is Cc1ccc2c(CC(=O)OCC(=O)N3CCN(c4ccccc4F)CC3)coc2c1C. The van der Waals surface area contributed by atoms with Gasteiger partial charge in [0.15, 0.2) is 6.61 Å². The first kappa shape index (κ1) is 20.9. The average Bonchev–Trinajstić information content (AvgIpc) is 3.18. The summed E-state index contributed by atoms with van der Waals surface area (Å²) < 4.78 is 24.8. The van der Waals surface area contributed by atoms with E-state index in [1.165, 1.54) is 6.07 Å². The lowest BCUT2D eigenvalue weighted by Crippen LogP contribution is -2.50. The maximum atomic E-state index is 13.9. The van der Waals surface area contributed by atoms with E-state index in [0.717, 1.165) is 27.7 Å². The van der Waals surface area contributed by atoms with Crippen LogP contribution in [-0.2, 0) is 20.7 Å². The molecule has 162 valence electrons. The Morgan fingerprint density at radius 2 is 1.81 bits per heavy atom. The second kappa shape index (κ2) is 8.79. The van der Waals surface area contributed by atoms with Gasteiger partial charge in [0.1, 0.15) is 11.4 Å². The monoisotopic (exact) mass is 424 g/mol. The molecule has 0 saturated carbocycles. The maximum Gasteiger partial charge on any atom is 0.310 e. The van der Waals surface area contributed by atoms with Crippen LogP contribution in [0.15, 0.2) is 47.1 Å². The molecule has 1 amide bonds. The highest BCUT2D eigenvalue weighted by Gasteiger charge is 2.23. The predicted octanol–water partition coefficient (Wildman–Crippen LogP) is 3.62. The Morgan fingerprint density at radius 3 is 2.55 bits per heavy atom. The van der Waals surface area contributed by atoms with Gasteiger partial charge in [0.25, 0.3) is 5.91 Å². The fourth-order valence-electron chi connectivity index (χ4n) is 3.87. The molecular weight excluding hydrogens is 399 g/mol. The summed E-state index contributed by atoms with van der Waals surface area (Å²) >= 11 is 0. The number of rotatable bonds is 5. The summed E-state index contributed by atoms with van der Waals surface area (Å²) in [5.41, 5.74) is 4.22. The van der Waals surface area contributed by atoms with E-state index in [2.05, 4.69) is 0 Å². The van der Waals surface area contributed by atoms with Crippen molar-refractivity contribution in [2.75, 3.05) is 37.7 Å². The van der Waals surface area contributed by atoms with Crippen LogP contribution in [-0.4, -0.2) is 49.6 Å². The van der Waals surface area contributed by atoms with Gasteiger partial charge in [-0.15, -0.1) is 0 Å². The molecule has 0 bridgehead atoms. The van der Waals surface area contributed by atoms with E-state index in [1.54, 1.807) is 29.4 Å². The molecule has 1 aliphatic heterocycles. The molecule has 2 aromatic carbocycles. The summed E-state index contributed by atoms with van der Waals surface area (Å²) in [5, 5.41) is 0.885. The number of benzene rings is 2. The number of ether oxygens (including phenoxy) is 1. The zero-order chi connectivity index (χ0) is 22.0. The Balaban J connectivity index is 1.28. The van der Waals surface area contributed by atoms with Crippen molar-refractivity contribution in [3.8, 4) is 0 Å². The number of carbonyl (C=O) groups is 2. The van der Waals surface area contributed by atoms with Gasteiger partial charge in [-0.3, -0.25) is 9.59 Å². The van der Waals surface area contributed by atoms with E-state index in [1.807, 2.05) is 30.9 Å². The molecule has 0 unspecified atom stereocenters. The number of furan rings is 1. The average molecular weight is 424 g/mol. The number of anilines is 1. The molecule has 0 spiro atoms. The summed E-state index contributed by atoms with van der Waals surface area (Å²) in [6.45, 7) is 5.65. The highest BCUT2D eigenvalue weighted by molar-refractivity contribution is 5.89. The van der Waals surface area contributed by atoms with Crippen LogP contribution in [0, 0.1) is 19.7 Å². The standard InChI is InChI=1S/C24H25FN2O4/c1-16-7-8-19-18(14-31-24(19)17(16)2)13-23(29)30-15-22(28)27-11-9-26(10-12-27)21-6-4-3-5-20(21)25/h3-8,14H,9-13,15H2,1-2H3. The van der Waals surface area contributed by atoms with Crippen LogP contribution in [0.1, 0.15) is 16.7 Å². The van der Waals surface area contributed by atoms with Crippen molar-refractivity contribution in [2.24, 2.45) is 0 Å². The second-order valence-electron chi connectivity index (χ2n) is 7.80. The summed E-state index contributed by atoms with van der Waals surface area (Å²) in [4.78, 5) is 28.3. The Morgan fingerprint density at radius 1 is 1.06 bits per heavy atom. The number of nitrogens with zero attached hydrogens (tertiary/aromatic N) is 2. The van der Waals surface area contributed by atoms with Crippen LogP contribution in [0.4, 0.5) is 10.1 Å². The molecule has 0 N–H and O–H groups in total. The van der Waals surface area contributed by atoms with E-state index < -0.39 is 5.97 Å². The summed E-state index contributed by atoms with van der Waals surface area (Å²) in [5.74, 6) is -0.988. The van der Waals surface area contributed by atoms with Gasteiger partial charge in [0.05, 0.1) is 18.4 Å². The molecule has 0 atom stereocenters. The molecule has 0 aliphatic carbocycles. The molecule has 1 aromatic heterocycles. The van der Waals surface area contributed by atoms with Gasteiger partial charge in [-0.25, -0.2) is 4.39 Å². The lowest BCUT2D eigenvalue weighted by molar-refractivity contribution is -0.151. The maximum absolute atomic E-state index is 13.9. The number of esters is 1. The largest absolute Gasteiger partial charge is 0.464 e. The number of fused-ring (bicyclic) bond motifs is 1. The molecule has 1 aliphatic rings. The number of halogens is 1. The van der Waals surface area contributed by atoms with E-state index >= 15 is 0 Å². The molecule has 1 saturated heterocycles. The molecule has 2 heterocycles. The van der Waals surface area contributed by atoms with Crippen molar-refractivity contribution in [3.63, 3.8) is 0 Å². The third-order valence-corrected chi connectivity index (χ3v) is 5.86. The van der Waals surface area contributed by atoms with E-state index in [4.69, 9.17) is 9.15 Å². The first-order valence-corrected chi connectivity index (χ1v) is 10.3. The number of hydrogen-bond donors (Lipinski definition) is 0. The third kappa shape index (κ3) is 4.40. The normalized spacial score (nSPS) is 14.2. The molecule has 1 fully saturated rings. The van der Waals surface area contributed by atoms with Crippen LogP contribution in [0.2, 0.25) is 0 Å². The summed E-state index contributed by atoms with van der Waals surface area (Å²) in [6.07, 6.45) is 1.62. The fourth-order valence-corrected chi connectivity index (χ4v) is 3.87.